The van der Waals surface area contributed by atoms with Gasteiger partial charge in [-0.3, -0.25) is 20.4 Å². The van der Waals surface area contributed by atoms with Crippen LogP contribution >= 0.6 is 22.9 Å². The highest BCUT2D eigenvalue weighted by atomic mass is 35.5. The van der Waals surface area contributed by atoms with Gasteiger partial charge in [-0.05, 0) is 23.9 Å². The molecule has 0 radical (unpaired) electrons. The lowest BCUT2D eigenvalue weighted by Crippen LogP contribution is -2.43. The Morgan fingerprint density at radius 1 is 1.14 bits per heavy atom. The molecule has 8 nitrogen and oxygen atoms in total. The number of amides is 2. The molecule has 0 saturated heterocycles. The van der Waals surface area contributed by atoms with Gasteiger partial charge < -0.3 is 4.74 Å². The first-order valence-corrected chi connectivity index (χ1v) is 9.78. The minimum atomic E-state index is -0.772. The second-order valence-electron chi connectivity index (χ2n) is 5.95. The highest BCUT2D eigenvalue weighted by Crippen LogP contribution is 2.21. The molecule has 1 aromatic carbocycles. The summed E-state index contributed by atoms with van der Waals surface area (Å²) in [6.45, 7) is 1.44. The Kier molecular flexibility index (Phi) is 6.63. The number of nitrogens with one attached hydrogen (secondary N) is 2. The maximum atomic E-state index is 12.4. The van der Waals surface area contributed by atoms with Crippen molar-refractivity contribution in [3.05, 3.63) is 74.7 Å². The molecule has 2 N–H and O–H groups in total. The molecule has 0 aliphatic carbocycles. The van der Waals surface area contributed by atoms with Crippen molar-refractivity contribution in [2.24, 2.45) is 0 Å². The quantitative estimate of drug-likeness (QED) is 0.460. The summed E-state index contributed by atoms with van der Waals surface area (Å²) < 4.78 is 6.49. The monoisotopic (exact) mass is 432 g/mol. The van der Waals surface area contributed by atoms with Crippen LogP contribution in [0, 0.1) is 6.92 Å². The van der Waals surface area contributed by atoms with E-state index in [1.165, 1.54) is 16.0 Å². The summed E-state index contributed by atoms with van der Waals surface area (Å²) >= 11 is 7.52. The van der Waals surface area contributed by atoms with Crippen molar-refractivity contribution in [1.29, 1.82) is 0 Å². The number of rotatable bonds is 6. The molecule has 2 heterocycles. The molecule has 0 aliphatic heterocycles. The van der Waals surface area contributed by atoms with Gasteiger partial charge in [0, 0.05) is 0 Å². The number of ether oxygens (including phenoxy) is 1. The van der Waals surface area contributed by atoms with E-state index in [2.05, 4.69) is 16.0 Å². The van der Waals surface area contributed by atoms with Crippen LogP contribution in [-0.2, 0) is 16.1 Å². The highest BCUT2D eigenvalue weighted by molar-refractivity contribution is 7.12. The third-order valence-electron chi connectivity index (χ3n) is 3.84. The van der Waals surface area contributed by atoms with E-state index in [1.807, 2.05) is 30.3 Å². The van der Waals surface area contributed by atoms with Crippen LogP contribution in [0.25, 0.3) is 0 Å². The van der Waals surface area contributed by atoms with Crippen LogP contribution in [0.5, 0.6) is 0 Å². The molecule has 0 fully saturated rings. The number of benzene rings is 1. The van der Waals surface area contributed by atoms with Crippen LogP contribution in [0.4, 0.5) is 0 Å². The lowest BCUT2D eigenvalue weighted by molar-refractivity contribution is -0.125. The Hall–Kier alpha value is -3.17. The first-order chi connectivity index (χ1) is 14.0. The van der Waals surface area contributed by atoms with Gasteiger partial charge in [0.25, 0.3) is 11.8 Å². The van der Waals surface area contributed by atoms with Gasteiger partial charge in [-0.1, -0.05) is 48.0 Å². The number of esters is 1. The zero-order chi connectivity index (χ0) is 20.8. The van der Waals surface area contributed by atoms with Crippen molar-refractivity contribution in [3.63, 3.8) is 0 Å². The molecule has 3 rings (SSSR count). The summed E-state index contributed by atoms with van der Waals surface area (Å²) in [5, 5.41) is 6.14. The molecular weight excluding hydrogens is 416 g/mol. The normalized spacial score (nSPS) is 10.4. The van der Waals surface area contributed by atoms with Crippen LogP contribution in [0.15, 0.2) is 47.8 Å². The Bertz CT molecular complexity index is 1020. The average Bonchev–Trinajstić information content (AvgIpc) is 3.34. The SMILES string of the molecule is Cc1nn(Cc2ccccc2)c(Cl)c1C(=O)OCC(=O)NNC(=O)c1cccs1. The first kappa shape index (κ1) is 20.6. The van der Waals surface area contributed by atoms with E-state index in [-0.39, 0.29) is 10.7 Å². The minimum absolute atomic E-state index is 0.0954. The summed E-state index contributed by atoms with van der Waals surface area (Å²) in [5.74, 6) is -1.92. The van der Waals surface area contributed by atoms with E-state index >= 15 is 0 Å². The van der Waals surface area contributed by atoms with Gasteiger partial charge in [-0.15, -0.1) is 11.3 Å². The number of nitrogens with zero attached hydrogens (tertiary/aromatic N) is 2. The summed E-state index contributed by atoms with van der Waals surface area (Å²) in [6.07, 6.45) is 0. The highest BCUT2D eigenvalue weighted by Gasteiger charge is 2.22. The number of hydrogen-bond donors (Lipinski definition) is 2. The van der Waals surface area contributed by atoms with Crippen LogP contribution < -0.4 is 10.9 Å². The third-order valence-corrected chi connectivity index (χ3v) is 5.09. The van der Waals surface area contributed by atoms with Crippen LogP contribution in [0.3, 0.4) is 0 Å². The van der Waals surface area contributed by atoms with Crippen molar-refractivity contribution in [2.75, 3.05) is 6.61 Å². The smallest absolute Gasteiger partial charge is 0.343 e. The van der Waals surface area contributed by atoms with Gasteiger partial charge in [0.1, 0.15) is 10.7 Å². The second kappa shape index (κ2) is 9.35. The number of halogens is 1. The number of thiophene rings is 1. The van der Waals surface area contributed by atoms with E-state index in [4.69, 9.17) is 16.3 Å². The Morgan fingerprint density at radius 3 is 2.59 bits per heavy atom. The topological polar surface area (TPSA) is 102 Å². The minimum Gasteiger partial charge on any atom is -0.452 e. The molecule has 0 bridgehead atoms. The van der Waals surface area contributed by atoms with E-state index < -0.39 is 24.4 Å². The number of carbonyl (C=O) groups is 3. The molecule has 2 amide bonds. The first-order valence-electron chi connectivity index (χ1n) is 8.52. The molecule has 0 saturated carbocycles. The van der Waals surface area contributed by atoms with Crippen LogP contribution in [0.2, 0.25) is 5.15 Å². The molecule has 29 heavy (non-hydrogen) atoms. The fourth-order valence-corrected chi connectivity index (χ4v) is 3.41. The fourth-order valence-electron chi connectivity index (χ4n) is 2.48. The second-order valence-corrected chi connectivity index (χ2v) is 7.26. The summed E-state index contributed by atoms with van der Waals surface area (Å²) in [6, 6.07) is 12.9. The summed E-state index contributed by atoms with van der Waals surface area (Å²) in [4.78, 5) is 36.4. The Morgan fingerprint density at radius 2 is 1.90 bits per heavy atom. The molecule has 0 atom stereocenters. The molecule has 3 aromatic rings. The van der Waals surface area contributed by atoms with E-state index in [9.17, 15) is 14.4 Å². The fraction of sp³-hybridized carbons (Fsp3) is 0.158. The molecular formula is C19H17ClN4O4S. The molecule has 0 aliphatic rings. The number of aromatic nitrogens is 2. The number of hydrogen-bond acceptors (Lipinski definition) is 6. The molecule has 0 spiro atoms. The Balaban J connectivity index is 1.55. The predicted octanol–water partition coefficient (Wildman–Crippen LogP) is 2.57. The van der Waals surface area contributed by atoms with E-state index in [0.29, 0.717) is 17.1 Å². The number of carbonyl (C=O) groups excluding carboxylic acids is 3. The van der Waals surface area contributed by atoms with E-state index in [1.54, 1.807) is 24.4 Å². The maximum Gasteiger partial charge on any atom is 0.343 e. The Labute approximate surface area is 175 Å². The van der Waals surface area contributed by atoms with E-state index in [0.717, 1.165) is 5.56 Å². The summed E-state index contributed by atoms with van der Waals surface area (Å²) in [7, 11) is 0. The van der Waals surface area contributed by atoms with Gasteiger partial charge in [0.2, 0.25) is 0 Å². The van der Waals surface area contributed by atoms with Crippen molar-refractivity contribution >= 4 is 40.7 Å². The number of hydrazine groups is 1. The summed E-state index contributed by atoms with van der Waals surface area (Å²) in [5.41, 5.74) is 5.88. The van der Waals surface area contributed by atoms with Crippen molar-refractivity contribution < 1.29 is 19.1 Å². The van der Waals surface area contributed by atoms with Crippen molar-refractivity contribution in [2.45, 2.75) is 13.5 Å². The molecule has 0 unspecified atom stereocenters. The standard InChI is InChI=1S/C19H17ClN4O4S/c1-12-16(17(20)24(23-12)10-13-6-3-2-4-7-13)19(27)28-11-15(25)21-22-18(26)14-8-5-9-29-14/h2-9H,10-11H2,1H3,(H,21,25)(H,22,26). The van der Waals surface area contributed by atoms with Gasteiger partial charge in [0.05, 0.1) is 17.1 Å². The van der Waals surface area contributed by atoms with Gasteiger partial charge in [0.15, 0.2) is 6.61 Å². The third kappa shape index (κ3) is 5.21. The van der Waals surface area contributed by atoms with Crippen LogP contribution in [-0.4, -0.2) is 34.2 Å². The lowest BCUT2D eigenvalue weighted by Gasteiger charge is -2.07. The van der Waals surface area contributed by atoms with Crippen molar-refractivity contribution in [3.8, 4) is 0 Å². The number of aryl methyl sites for hydroxylation is 1. The van der Waals surface area contributed by atoms with Gasteiger partial charge >= 0.3 is 5.97 Å². The van der Waals surface area contributed by atoms with Crippen molar-refractivity contribution in [1.82, 2.24) is 20.6 Å². The largest absolute Gasteiger partial charge is 0.452 e. The van der Waals surface area contributed by atoms with Gasteiger partial charge in [-0.2, -0.15) is 5.10 Å². The molecule has 2 aromatic heterocycles. The van der Waals surface area contributed by atoms with Crippen LogP contribution in [0.1, 0.15) is 31.3 Å². The maximum absolute atomic E-state index is 12.4. The zero-order valence-electron chi connectivity index (χ0n) is 15.3. The lowest BCUT2D eigenvalue weighted by atomic mass is 10.2. The predicted molar refractivity (Wildman–Crippen MR) is 108 cm³/mol. The zero-order valence-corrected chi connectivity index (χ0v) is 16.9. The molecule has 150 valence electrons. The average molecular weight is 433 g/mol. The molecule has 10 heteroatoms. The van der Waals surface area contributed by atoms with Gasteiger partial charge in [-0.25, -0.2) is 9.48 Å².